The molecule has 2 aromatic carbocycles. The molecule has 2 aromatic rings. The molecule has 2 rings (SSSR count). The summed E-state index contributed by atoms with van der Waals surface area (Å²) in [6.45, 7) is 0. The van der Waals surface area contributed by atoms with Crippen LogP contribution < -0.4 is 11.1 Å². The van der Waals surface area contributed by atoms with Gasteiger partial charge in [-0.2, -0.15) is 0 Å². The number of hydrogen-bond donors (Lipinski definition) is 2. The van der Waals surface area contributed by atoms with Gasteiger partial charge in [0, 0.05) is 23.5 Å². The molecule has 0 atom stereocenters. The minimum atomic E-state index is -1.24. The number of anilines is 3. The van der Waals surface area contributed by atoms with Gasteiger partial charge in [0.15, 0.2) is 11.6 Å². The van der Waals surface area contributed by atoms with E-state index in [0.717, 1.165) is 6.07 Å². The zero-order valence-electron chi connectivity index (χ0n) is 8.68. The Bertz CT molecular complexity index is 555. The summed E-state index contributed by atoms with van der Waals surface area (Å²) in [6.07, 6.45) is 0. The molecule has 0 radical (unpaired) electrons. The van der Waals surface area contributed by atoms with Crippen molar-refractivity contribution in [2.45, 2.75) is 0 Å². The molecule has 0 aliphatic carbocycles. The fourth-order valence-electron chi connectivity index (χ4n) is 1.42. The van der Waals surface area contributed by atoms with Gasteiger partial charge in [-0.3, -0.25) is 0 Å². The Labute approximate surface area is 95.9 Å². The van der Waals surface area contributed by atoms with E-state index in [1.807, 2.05) is 0 Å². The van der Waals surface area contributed by atoms with E-state index in [9.17, 15) is 13.2 Å². The van der Waals surface area contributed by atoms with E-state index in [2.05, 4.69) is 5.32 Å². The third-order valence-electron chi connectivity index (χ3n) is 2.16. The normalized spacial score (nSPS) is 10.3. The Morgan fingerprint density at radius 1 is 1.00 bits per heavy atom. The van der Waals surface area contributed by atoms with E-state index >= 15 is 0 Å². The van der Waals surface area contributed by atoms with Gasteiger partial charge in [0.2, 0.25) is 0 Å². The summed E-state index contributed by atoms with van der Waals surface area (Å²) >= 11 is 0. The molecule has 0 amide bonds. The fraction of sp³-hybridized carbons (Fsp3) is 0. The first kappa shape index (κ1) is 11.3. The number of nitrogens with two attached hydrogens (primary N) is 1. The van der Waals surface area contributed by atoms with Crippen LogP contribution in [0.3, 0.4) is 0 Å². The van der Waals surface area contributed by atoms with Gasteiger partial charge in [0.05, 0.1) is 5.69 Å². The van der Waals surface area contributed by atoms with Gasteiger partial charge in [-0.05, 0) is 18.2 Å². The Hall–Kier alpha value is -2.17. The van der Waals surface area contributed by atoms with Crippen molar-refractivity contribution in [1.82, 2.24) is 0 Å². The number of nitrogen functional groups attached to an aromatic ring is 1. The van der Waals surface area contributed by atoms with Crippen LogP contribution in [0.5, 0.6) is 0 Å². The number of nitrogens with one attached hydrogen (secondary N) is 1. The van der Waals surface area contributed by atoms with E-state index in [0.29, 0.717) is 17.4 Å². The van der Waals surface area contributed by atoms with Crippen LogP contribution in [-0.2, 0) is 0 Å². The molecular formula is C12H9F3N2. The first-order chi connectivity index (χ1) is 8.06. The summed E-state index contributed by atoms with van der Waals surface area (Å²) < 4.78 is 39.2. The maximum Gasteiger partial charge on any atom is 0.182 e. The first-order valence-corrected chi connectivity index (χ1v) is 4.83. The minimum absolute atomic E-state index is 0.270. The molecule has 5 heteroatoms. The Morgan fingerprint density at radius 2 is 1.76 bits per heavy atom. The summed E-state index contributed by atoms with van der Waals surface area (Å²) in [5, 5.41) is 2.56. The van der Waals surface area contributed by atoms with Gasteiger partial charge in [-0.15, -0.1) is 0 Å². The van der Waals surface area contributed by atoms with Crippen molar-refractivity contribution in [1.29, 1.82) is 0 Å². The maximum absolute atomic E-state index is 13.3. The lowest BCUT2D eigenvalue weighted by atomic mass is 10.2. The second-order valence-corrected chi connectivity index (χ2v) is 3.50. The predicted molar refractivity (Wildman–Crippen MR) is 60.5 cm³/mol. The lowest BCUT2D eigenvalue weighted by Crippen LogP contribution is -1.98. The van der Waals surface area contributed by atoms with Gasteiger partial charge < -0.3 is 11.1 Å². The van der Waals surface area contributed by atoms with Crippen LogP contribution in [0.1, 0.15) is 0 Å². The molecule has 0 aromatic heterocycles. The highest BCUT2D eigenvalue weighted by Crippen LogP contribution is 2.24. The van der Waals surface area contributed by atoms with Gasteiger partial charge in [-0.1, -0.05) is 6.07 Å². The Kier molecular flexibility index (Phi) is 2.91. The highest BCUT2D eigenvalue weighted by molar-refractivity contribution is 5.64. The van der Waals surface area contributed by atoms with Gasteiger partial charge >= 0.3 is 0 Å². The molecule has 3 N–H and O–H groups in total. The van der Waals surface area contributed by atoms with Crippen molar-refractivity contribution < 1.29 is 13.2 Å². The fourth-order valence-corrected chi connectivity index (χ4v) is 1.42. The number of hydrogen-bond acceptors (Lipinski definition) is 2. The standard InChI is InChI=1S/C12H9F3N2/c13-7-4-10(14)12(15)11(5-7)17-9-3-1-2-8(16)6-9/h1-6,17H,16H2. The first-order valence-electron chi connectivity index (χ1n) is 4.83. The number of benzene rings is 2. The largest absolute Gasteiger partial charge is 0.399 e. The Morgan fingerprint density at radius 3 is 2.47 bits per heavy atom. The minimum Gasteiger partial charge on any atom is -0.399 e. The molecule has 88 valence electrons. The molecule has 0 saturated heterocycles. The van der Waals surface area contributed by atoms with Crippen molar-refractivity contribution in [3.63, 3.8) is 0 Å². The predicted octanol–water partition coefficient (Wildman–Crippen LogP) is 3.43. The molecule has 0 bridgehead atoms. The second kappa shape index (κ2) is 4.37. The van der Waals surface area contributed by atoms with Crippen molar-refractivity contribution in [3.05, 3.63) is 53.8 Å². The second-order valence-electron chi connectivity index (χ2n) is 3.50. The van der Waals surface area contributed by atoms with Crippen molar-refractivity contribution in [2.75, 3.05) is 11.1 Å². The lowest BCUT2D eigenvalue weighted by molar-refractivity contribution is 0.498. The van der Waals surface area contributed by atoms with Crippen LogP contribution in [0.4, 0.5) is 30.2 Å². The van der Waals surface area contributed by atoms with Gasteiger partial charge in [0.1, 0.15) is 5.82 Å². The van der Waals surface area contributed by atoms with Crippen LogP contribution in [0.15, 0.2) is 36.4 Å². The SMILES string of the molecule is Nc1cccc(Nc2cc(F)cc(F)c2F)c1. The van der Waals surface area contributed by atoms with Crippen molar-refractivity contribution in [2.24, 2.45) is 0 Å². The maximum atomic E-state index is 13.3. The molecule has 0 fully saturated rings. The molecule has 0 aliphatic heterocycles. The zero-order valence-corrected chi connectivity index (χ0v) is 8.68. The smallest absolute Gasteiger partial charge is 0.182 e. The quantitative estimate of drug-likeness (QED) is 0.621. The molecule has 17 heavy (non-hydrogen) atoms. The number of rotatable bonds is 2. The summed E-state index contributed by atoms with van der Waals surface area (Å²) in [6, 6.07) is 7.79. The molecule has 0 heterocycles. The molecule has 2 nitrogen and oxygen atoms in total. The van der Waals surface area contributed by atoms with E-state index in [-0.39, 0.29) is 5.69 Å². The monoisotopic (exact) mass is 238 g/mol. The average Bonchev–Trinajstić information content (AvgIpc) is 2.25. The van der Waals surface area contributed by atoms with Gasteiger partial charge in [-0.25, -0.2) is 13.2 Å². The highest BCUT2D eigenvalue weighted by atomic mass is 19.2. The van der Waals surface area contributed by atoms with Crippen molar-refractivity contribution >= 4 is 17.1 Å². The number of halogens is 3. The van der Waals surface area contributed by atoms with Crippen LogP contribution in [0.25, 0.3) is 0 Å². The van der Waals surface area contributed by atoms with Crippen LogP contribution >= 0.6 is 0 Å². The molecule has 0 aliphatic rings. The molecular weight excluding hydrogens is 229 g/mol. The van der Waals surface area contributed by atoms with Crippen LogP contribution in [-0.4, -0.2) is 0 Å². The highest BCUT2D eigenvalue weighted by Gasteiger charge is 2.11. The molecule has 0 saturated carbocycles. The van der Waals surface area contributed by atoms with E-state index in [1.54, 1.807) is 18.2 Å². The van der Waals surface area contributed by atoms with E-state index in [1.165, 1.54) is 6.07 Å². The van der Waals surface area contributed by atoms with Gasteiger partial charge in [0.25, 0.3) is 0 Å². The van der Waals surface area contributed by atoms with Crippen molar-refractivity contribution in [3.8, 4) is 0 Å². The third-order valence-corrected chi connectivity index (χ3v) is 2.16. The molecule has 0 unspecified atom stereocenters. The van der Waals surface area contributed by atoms with Crippen LogP contribution in [0, 0.1) is 17.5 Å². The third kappa shape index (κ3) is 2.50. The molecule has 0 spiro atoms. The average molecular weight is 238 g/mol. The summed E-state index contributed by atoms with van der Waals surface area (Å²) in [5.74, 6) is -3.22. The lowest BCUT2D eigenvalue weighted by Gasteiger charge is -2.08. The Balaban J connectivity index is 2.36. The zero-order chi connectivity index (χ0) is 12.4. The summed E-state index contributed by atoms with van der Waals surface area (Å²) in [5.41, 5.74) is 6.18. The van der Waals surface area contributed by atoms with E-state index in [4.69, 9.17) is 5.73 Å². The topological polar surface area (TPSA) is 38.0 Å². The summed E-state index contributed by atoms with van der Waals surface area (Å²) in [4.78, 5) is 0. The van der Waals surface area contributed by atoms with Crippen LogP contribution in [0.2, 0.25) is 0 Å². The van der Waals surface area contributed by atoms with E-state index < -0.39 is 17.5 Å². The summed E-state index contributed by atoms with van der Waals surface area (Å²) in [7, 11) is 0.